The topological polar surface area (TPSA) is 63.7 Å². The number of nitrogens with zero attached hydrogens (tertiary/aromatic N) is 1. The van der Waals surface area contributed by atoms with Crippen LogP contribution in [0, 0.1) is 13.8 Å². The Balaban J connectivity index is 1.53. The predicted octanol–water partition coefficient (Wildman–Crippen LogP) is 4.32. The minimum Gasteiger partial charge on any atom is -0.423 e. The number of ether oxygens (including phenoxy) is 1. The maximum atomic E-state index is 12.5. The Labute approximate surface area is 162 Å². The van der Waals surface area contributed by atoms with Crippen LogP contribution in [0.15, 0.2) is 66.7 Å². The number of hydrogen-bond donors (Lipinski definition) is 0. The highest BCUT2D eigenvalue weighted by molar-refractivity contribution is 6.34. The number of esters is 1. The van der Waals surface area contributed by atoms with Crippen LogP contribution in [-0.4, -0.2) is 17.8 Å². The first-order chi connectivity index (χ1) is 13.5. The fourth-order valence-corrected chi connectivity index (χ4v) is 3.12. The van der Waals surface area contributed by atoms with Crippen molar-refractivity contribution in [2.75, 3.05) is 4.90 Å². The number of benzene rings is 3. The van der Waals surface area contributed by atoms with E-state index < -0.39 is 5.97 Å². The standard InChI is InChI=1S/C23H17NO4/c1-14-7-8-16(13-15(14)2)23(27)28-18-11-9-17(10-12-18)24-21(25)19-5-3-4-6-20(19)22(24)26/h3-13H,1-2H3. The van der Waals surface area contributed by atoms with Crippen molar-refractivity contribution in [2.24, 2.45) is 0 Å². The molecule has 0 aliphatic carbocycles. The number of fused-ring (bicyclic) bond motifs is 1. The molecule has 0 saturated carbocycles. The summed E-state index contributed by atoms with van der Waals surface area (Å²) in [5.41, 5.74) is 3.78. The molecule has 1 heterocycles. The van der Waals surface area contributed by atoms with E-state index in [0.717, 1.165) is 16.0 Å². The summed E-state index contributed by atoms with van der Waals surface area (Å²) in [6.07, 6.45) is 0. The molecule has 138 valence electrons. The van der Waals surface area contributed by atoms with Crippen molar-refractivity contribution in [3.05, 3.63) is 94.5 Å². The van der Waals surface area contributed by atoms with Crippen molar-refractivity contribution < 1.29 is 19.1 Å². The monoisotopic (exact) mass is 371 g/mol. The number of aryl methyl sites for hydroxylation is 2. The summed E-state index contributed by atoms with van der Waals surface area (Å²) in [5.74, 6) is -0.846. The molecule has 28 heavy (non-hydrogen) atoms. The summed E-state index contributed by atoms with van der Waals surface area (Å²) < 4.78 is 5.40. The van der Waals surface area contributed by atoms with Crippen molar-refractivity contribution in [1.82, 2.24) is 0 Å². The zero-order valence-corrected chi connectivity index (χ0v) is 15.4. The molecule has 1 aliphatic rings. The lowest BCUT2D eigenvalue weighted by atomic mass is 10.1. The zero-order chi connectivity index (χ0) is 19.8. The quantitative estimate of drug-likeness (QED) is 0.391. The van der Waals surface area contributed by atoms with Crippen LogP contribution in [0.4, 0.5) is 5.69 Å². The first-order valence-electron chi connectivity index (χ1n) is 8.83. The third-order valence-electron chi connectivity index (χ3n) is 4.84. The largest absolute Gasteiger partial charge is 0.423 e. The molecule has 0 N–H and O–H groups in total. The molecule has 2 amide bonds. The van der Waals surface area contributed by atoms with Crippen LogP contribution in [0.1, 0.15) is 42.2 Å². The first kappa shape index (κ1) is 17.7. The van der Waals surface area contributed by atoms with Crippen LogP contribution < -0.4 is 9.64 Å². The van der Waals surface area contributed by atoms with E-state index in [1.54, 1.807) is 60.7 Å². The Morgan fingerprint density at radius 1 is 0.786 bits per heavy atom. The maximum absolute atomic E-state index is 12.5. The van der Waals surface area contributed by atoms with Gasteiger partial charge in [-0.3, -0.25) is 9.59 Å². The van der Waals surface area contributed by atoms with Crippen LogP contribution in [0.5, 0.6) is 5.75 Å². The number of imide groups is 1. The molecule has 0 spiro atoms. The van der Waals surface area contributed by atoms with Gasteiger partial charge in [-0.15, -0.1) is 0 Å². The maximum Gasteiger partial charge on any atom is 0.343 e. The van der Waals surface area contributed by atoms with Gasteiger partial charge in [-0.1, -0.05) is 18.2 Å². The van der Waals surface area contributed by atoms with Gasteiger partial charge in [-0.25, -0.2) is 9.69 Å². The average Bonchev–Trinajstić information content (AvgIpc) is 2.95. The Kier molecular flexibility index (Phi) is 4.28. The van der Waals surface area contributed by atoms with Crippen molar-refractivity contribution in [3.63, 3.8) is 0 Å². The molecule has 0 radical (unpaired) electrons. The lowest BCUT2D eigenvalue weighted by molar-refractivity contribution is 0.0733. The lowest BCUT2D eigenvalue weighted by Gasteiger charge is -2.14. The van der Waals surface area contributed by atoms with E-state index in [1.165, 1.54) is 0 Å². The van der Waals surface area contributed by atoms with E-state index in [2.05, 4.69) is 0 Å². The first-order valence-corrected chi connectivity index (χ1v) is 8.83. The van der Waals surface area contributed by atoms with Crippen LogP contribution in [-0.2, 0) is 0 Å². The Morgan fingerprint density at radius 2 is 1.39 bits per heavy atom. The molecule has 5 heteroatoms. The van der Waals surface area contributed by atoms with Gasteiger partial charge < -0.3 is 4.74 Å². The molecule has 3 aromatic rings. The molecular weight excluding hydrogens is 354 g/mol. The smallest absolute Gasteiger partial charge is 0.343 e. The van der Waals surface area contributed by atoms with Crippen molar-refractivity contribution in [2.45, 2.75) is 13.8 Å². The fourth-order valence-electron chi connectivity index (χ4n) is 3.12. The molecular formula is C23H17NO4. The van der Waals surface area contributed by atoms with Crippen LogP contribution in [0.2, 0.25) is 0 Å². The van der Waals surface area contributed by atoms with Crippen molar-refractivity contribution >= 4 is 23.5 Å². The average molecular weight is 371 g/mol. The normalized spacial score (nSPS) is 12.9. The lowest BCUT2D eigenvalue weighted by Crippen LogP contribution is -2.29. The van der Waals surface area contributed by atoms with Gasteiger partial charge >= 0.3 is 5.97 Å². The second kappa shape index (κ2) is 6.78. The molecule has 1 aliphatic heterocycles. The van der Waals surface area contributed by atoms with Gasteiger partial charge in [0.2, 0.25) is 0 Å². The molecule has 0 saturated heterocycles. The molecule has 3 aromatic carbocycles. The number of carbonyl (C=O) groups is 3. The molecule has 0 atom stereocenters. The van der Waals surface area contributed by atoms with E-state index in [1.807, 2.05) is 19.9 Å². The highest BCUT2D eigenvalue weighted by Crippen LogP contribution is 2.29. The number of carbonyl (C=O) groups excluding carboxylic acids is 3. The Bertz CT molecular complexity index is 1080. The van der Waals surface area contributed by atoms with Gasteiger partial charge in [0.1, 0.15) is 5.75 Å². The second-order valence-corrected chi connectivity index (χ2v) is 6.67. The molecule has 0 unspecified atom stereocenters. The van der Waals surface area contributed by atoms with E-state index in [9.17, 15) is 14.4 Å². The summed E-state index contributed by atoms with van der Waals surface area (Å²) in [6.45, 7) is 3.91. The zero-order valence-electron chi connectivity index (χ0n) is 15.4. The van der Waals surface area contributed by atoms with Crippen LogP contribution in [0.3, 0.4) is 0 Å². The third kappa shape index (κ3) is 2.97. The summed E-state index contributed by atoms with van der Waals surface area (Å²) in [4.78, 5) is 38.5. The highest BCUT2D eigenvalue weighted by atomic mass is 16.5. The predicted molar refractivity (Wildman–Crippen MR) is 105 cm³/mol. The molecule has 5 nitrogen and oxygen atoms in total. The van der Waals surface area contributed by atoms with E-state index in [-0.39, 0.29) is 11.8 Å². The van der Waals surface area contributed by atoms with Crippen LogP contribution >= 0.6 is 0 Å². The summed E-state index contributed by atoms with van der Waals surface area (Å²) in [5, 5.41) is 0. The minimum atomic E-state index is -0.461. The Hall–Kier alpha value is -3.73. The molecule has 0 bridgehead atoms. The number of rotatable bonds is 3. The molecule has 0 aromatic heterocycles. The van der Waals surface area contributed by atoms with Gasteiger partial charge in [0.25, 0.3) is 11.8 Å². The van der Waals surface area contributed by atoms with Gasteiger partial charge in [-0.05, 0) is 73.5 Å². The summed E-state index contributed by atoms with van der Waals surface area (Å²) in [6, 6.07) is 18.4. The highest BCUT2D eigenvalue weighted by Gasteiger charge is 2.36. The molecule has 0 fully saturated rings. The minimum absolute atomic E-state index is 0.337. The summed E-state index contributed by atoms with van der Waals surface area (Å²) >= 11 is 0. The van der Waals surface area contributed by atoms with Gasteiger partial charge in [0.15, 0.2) is 0 Å². The van der Waals surface area contributed by atoms with E-state index in [4.69, 9.17) is 4.74 Å². The third-order valence-corrected chi connectivity index (χ3v) is 4.84. The van der Waals surface area contributed by atoms with E-state index >= 15 is 0 Å². The number of amides is 2. The van der Waals surface area contributed by atoms with Gasteiger partial charge in [0.05, 0.1) is 22.4 Å². The van der Waals surface area contributed by atoms with Crippen LogP contribution in [0.25, 0.3) is 0 Å². The Morgan fingerprint density at radius 3 is 1.96 bits per heavy atom. The summed E-state index contributed by atoms with van der Waals surface area (Å²) in [7, 11) is 0. The fraction of sp³-hybridized carbons (Fsp3) is 0.0870. The van der Waals surface area contributed by atoms with Gasteiger partial charge in [-0.2, -0.15) is 0 Å². The SMILES string of the molecule is Cc1ccc(C(=O)Oc2ccc(N3C(=O)c4ccccc4C3=O)cc2)cc1C. The van der Waals surface area contributed by atoms with Crippen molar-refractivity contribution in [1.29, 1.82) is 0 Å². The number of anilines is 1. The molecule has 4 rings (SSSR count). The second-order valence-electron chi connectivity index (χ2n) is 6.67. The van der Waals surface area contributed by atoms with E-state index in [0.29, 0.717) is 28.1 Å². The van der Waals surface area contributed by atoms with Gasteiger partial charge in [0, 0.05) is 0 Å². The van der Waals surface area contributed by atoms with Crippen molar-refractivity contribution in [3.8, 4) is 5.75 Å². The number of hydrogen-bond acceptors (Lipinski definition) is 4.